The largest absolute Gasteiger partial charge is 0.341 e. The van der Waals surface area contributed by atoms with Gasteiger partial charge >= 0.3 is 0 Å². The zero-order chi connectivity index (χ0) is 18.6. The number of imidazole rings is 1. The number of aromatic amines is 1. The zero-order valence-corrected chi connectivity index (χ0v) is 16.2. The number of hydrogen-bond donors (Lipinski definition) is 1. The van der Waals surface area contributed by atoms with Crippen molar-refractivity contribution in [3.8, 4) is 11.4 Å². The number of carbonyl (C=O) groups is 1. The summed E-state index contributed by atoms with van der Waals surface area (Å²) in [6.07, 6.45) is 2.69. The van der Waals surface area contributed by atoms with Crippen LogP contribution in [-0.2, 0) is 0 Å². The first-order valence-corrected chi connectivity index (χ1v) is 10.1. The lowest BCUT2D eigenvalue weighted by Gasteiger charge is -2.35. The number of amides is 1. The number of rotatable bonds is 5. The van der Waals surface area contributed by atoms with Crippen LogP contribution in [0.3, 0.4) is 0 Å². The van der Waals surface area contributed by atoms with Crippen LogP contribution in [0.5, 0.6) is 0 Å². The number of carbonyl (C=O) groups excluding carboxylic acids is 1. The maximum atomic E-state index is 13.0. The van der Waals surface area contributed by atoms with E-state index < -0.39 is 0 Å². The molecule has 1 aromatic heterocycles. The molecule has 1 amide bonds. The molecule has 4 rings (SSSR count). The predicted octanol–water partition coefficient (Wildman–Crippen LogP) is 2.24. The molecule has 0 radical (unpaired) electrons. The Morgan fingerprint density at radius 3 is 2.26 bits per heavy atom. The second-order valence-electron chi connectivity index (χ2n) is 7.61. The number of nitrogens with one attached hydrogen (secondary N) is 1. The molecular weight excluding hydrogens is 338 g/mol. The van der Waals surface area contributed by atoms with Crippen LogP contribution in [0.1, 0.15) is 29.0 Å². The average molecular weight is 367 g/mol. The van der Waals surface area contributed by atoms with Crippen molar-refractivity contribution in [2.24, 2.45) is 0 Å². The second-order valence-corrected chi connectivity index (χ2v) is 7.61. The van der Waals surface area contributed by atoms with Crippen LogP contribution in [0.2, 0.25) is 0 Å². The number of benzene rings is 1. The zero-order valence-electron chi connectivity index (χ0n) is 16.2. The van der Waals surface area contributed by atoms with E-state index in [1.165, 1.54) is 25.9 Å². The van der Waals surface area contributed by atoms with Gasteiger partial charge in [-0.3, -0.25) is 9.69 Å². The van der Waals surface area contributed by atoms with E-state index in [-0.39, 0.29) is 5.91 Å². The third-order valence-electron chi connectivity index (χ3n) is 5.73. The van der Waals surface area contributed by atoms with Crippen molar-refractivity contribution in [3.05, 3.63) is 41.7 Å². The summed E-state index contributed by atoms with van der Waals surface area (Å²) in [6.45, 7) is 10.2. The summed E-state index contributed by atoms with van der Waals surface area (Å²) in [5, 5.41) is 0. The van der Waals surface area contributed by atoms with Gasteiger partial charge in [0.25, 0.3) is 5.91 Å². The third-order valence-corrected chi connectivity index (χ3v) is 5.73. The quantitative estimate of drug-likeness (QED) is 0.881. The summed E-state index contributed by atoms with van der Waals surface area (Å²) >= 11 is 0. The monoisotopic (exact) mass is 367 g/mol. The van der Waals surface area contributed by atoms with Crippen molar-refractivity contribution < 1.29 is 4.79 Å². The van der Waals surface area contributed by atoms with Crippen LogP contribution >= 0.6 is 0 Å². The molecule has 6 heteroatoms. The van der Waals surface area contributed by atoms with Crippen molar-refractivity contribution >= 4 is 5.91 Å². The molecule has 144 valence electrons. The molecule has 2 aliphatic heterocycles. The van der Waals surface area contributed by atoms with E-state index in [0.717, 1.165) is 56.4 Å². The third kappa shape index (κ3) is 4.22. The highest BCUT2D eigenvalue weighted by Gasteiger charge is 2.26. The van der Waals surface area contributed by atoms with Crippen LogP contribution < -0.4 is 0 Å². The van der Waals surface area contributed by atoms with Gasteiger partial charge in [0.05, 0.1) is 0 Å². The van der Waals surface area contributed by atoms with Gasteiger partial charge in [-0.05, 0) is 32.9 Å². The van der Waals surface area contributed by atoms with Crippen LogP contribution in [0.15, 0.2) is 30.3 Å². The van der Waals surface area contributed by atoms with Gasteiger partial charge in [-0.25, -0.2) is 4.98 Å². The Bertz CT molecular complexity index is 758. The summed E-state index contributed by atoms with van der Waals surface area (Å²) in [4.78, 5) is 27.8. The minimum atomic E-state index is 0.0464. The molecule has 1 N–H and O–H groups in total. The van der Waals surface area contributed by atoms with E-state index in [1.807, 2.05) is 42.2 Å². The average Bonchev–Trinajstić information content (AvgIpc) is 3.37. The van der Waals surface area contributed by atoms with Crippen molar-refractivity contribution in [1.82, 2.24) is 24.7 Å². The topological polar surface area (TPSA) is 55.5 Å². The molecule has 6 nitrogen and oxygen atoms in total. The van der Waals surface area contributed by atoms with Crippen molar-refractivity contribution in [1.29, 1.82) is 0 Å². The van der Waals surface area contributed by atoms with Gasteiger partial charge < -0.3 is 14.8 Å². The number of H-pyrrole nitrogens is 1. The Morgan fingerprint density at radius 2 is 1.59 bits per heavy atom. The fourth-order valence-electron chi connectivity index (χ4n) is 4.01. The maximum Gasteiger partial charge on any atom is 0.274 e. The Kier molecular flexibility index (Phi) is 5.55. The second kappa shape index (κ2) is 8.23. The minimum Gasteiger partial charge on any atom is -0.341 e. The van der Waals surface area contributed by atoms with Gasteiger partial charge in [0.15, 0.2) is 0 Å². The highest BCUT2D eigenvalue weighted by molar-refractivity contribution is 5.94. The van der Waals surface area contributed by atoms with Crippen LogP contribution in [0, 0.1) is 6.92 Å². The van der Waals surface area contributed by atoms with Gasteiger partial charge in [-0.15, -0.1) is 0 Å². The number of nitrogens with zero attached hydrogens (tertiary/aromatic N) is 4. The molecule has 2 aliphatic rings. The standard InChI is InChI=1S/C21H29N5O/c1-17-19(23-20(22-17)18-7-3-2-4-8-18)21(27)26-15-13-25(14-16-26)12-11-24-9-5-6-10-24/h2-4,7-8H,5-6,9-16H2,1H3,(H,22,23). The molecule has 0 bridgehead atoms. The molecule has 0 atom stereocenters. The van der Waals surface area contributed by atoms with Crippen molar-refractivity contribution in [2.75, 3.05) is 52.4 Å². The first-order chi connectivity index (χ1) is 13.2. The molecule has 1 aromatic carbocycles. The Balaban J connectivity index is 1.33. The smallest absolute Gasteiger partial charge is 0.274 e. The summed E-state index contributed by atoms with van der Waals surface area (Å²) in [6, 6.07) is 9.96. The molecular formula is C21H29N5O. The van der Waals surface area contributed by atoms with Gasteiger partial charge in [0.1, 0.15) is 11.5 Å². The van der Waals surface area contributed by atoms with Gasteiger partial charge in [0, 0.05) is 50.5 Å². The van der Waals surface area contributed by atoms with E-state index >= 15 is 0 Å². The fourth-order valence-corrected chi connectivity index (χ4v) is 4.01. The Labute approximate surface area is 161 Å². The van der Waals surface area contributed by atoms with Gasteiger partial charge in [0.2, 0.25) is 0 Å². The normalized spacial score (nSPS) is 18.9. The Morgan fingerprint density at radius 1 is 0.963 bits per heavy atom. The lowest BCUT2D eigenvalue weighted by atomic mass is 10.2. The number of aromatic nitrogens is 2. The van der Waals surface area contributed by atoms with Crippen LogP contribution in [0.25, 0.3) is 11.4 Å². The minimum absolute atomic E-state index is 0.0464. The molecule has 0 aliphatic carbocycles. The SMILES string of the molecule is Cc1[nH]c(-c2ccccc2)nc1C(=O)N1CCN(CCN2CCCC2)CC1. The summed E-state index contributed by atoms with van der Waals surface area (Å²) in [5.74, 6) is 0.811. The summed E-state index contributed by atoms with van der Waals surface area (Å²) in [5.41, 5.74) is 2.40. The fraction of sp³-hybridized carbons (Fsp3) is 0.524. The molecule has 0 saturated carbocycles. The number of likely N-dealkylation sites (tertiary alicyclic amines) is 1. The number of aryl methyl sites for hydroxylation is 1. The van der Waals surface area contributed by atoms with E-state index in [0.29, 0.717) is 5.69 Å². The van der Waals surface area contributed by atoms with Gasteiger partial charge in [-0.1, -0.05) is 30.3 Å². The lowest BCUT2D eigenvalue weighted by molar-refractivity contribution is 0.0621. The molecule has 2 aromatic rings. The first kappa shape index (κ1) is 18.2. The molecule has 2 fully saturated rings. The molecule has 3 heterocycles. The molecule has 27 heavy (non-hydrogen) atoms. The van der Waals surface area contributed by atoms with Crippen LogP contribution in [0.4, 0.5) is 0 Å². The Hall–Kier alpha value is -2.18. The highest BCUT2D eigenvalue weighted by atomic mass is 16.2. The highest BCUT2D eigenvalue weighted by Crippen LogP contribution is 2.19. The molecule has 0 unspecified atom stereocenters. The van der Waals surface area contributed by atoms with E-state index in [4.69, 9.17) is 0 Å². The number of hydrogen-bond acceptors (Lipinski definition) is 4. The molecule has 0 spiro atoms. The maximum absolute atomic E-state index is 13.0. The summed E-state index contributed by atoms with van der Waals surface area (Å²) in [7, 11) is 0. The van der Waals surface area contributed by atoms with Crippen molar-refractivity contribution in [3.63, 3.8) is 0 Å². The first-order valence-electron chi connectivity index (χ1n) is 10.1. The van der Waals surface area contributed by atoms with E-state index in [2.05, 4.69) is 19.8 Å². The number of piperazine rings is 1. The summed E-state index contributed by atoms with van der Waals surface area (Å²) < 4.78 is 0. The van der Waals surface area contributed by atoms with E-state index in [9.17, 15) is 4.79 Å². The van der Waals surface area contributed by atoms with Gasteiger partial charge in [-0.2, -0.15) is 0 Å². The molecule has 2 saturated heterocycles. The predicted molar refractivity (Wildman–Crippen MR) is 107 cm³/mol. The van der Waals surface area contributed by atoms with E-state index in [1.54, 1.807) is 0 Å². The van der Waals surface area contributed by atoms with Crippen molar-refractivity contribution in [2.45, 2.75) is 19.8 Å². The lowest BCUT2D eigenvalue weighted by Crippen LogP contribution is -2.50. The van der Waals surface area contributed by atoms with Crippen LogP contribution in [-0.4, -0.2) is 82.9 Å².